The van der Waals surface area contributed by atoms with Gasteiger partial charge in [-0.15, -0.1) is 0 Å². The lowest BCUT2D eigenvalue weighted by Crippen LogP contribution is -1.91. The maximum atomic E-state index is 9.98. The fourth-order valence-corrected chi connectivity index (χ4v) is 0.778. The SMILES string of the molecule is C=CC(=O)OC.CCCCOP(=O)(O)O. The third kappa shape index (κ3) is 19.7. The van der Waals surface area contributed by atoms with Gasteiger partial charge < -0.3 is 14.5 Å². The molecular weight excluding hydrogens is 223 g/mol. The molecule has 0 saturated heterocycles. The molecule has 0 bridgehead atoms. The highest BCUT2D eigenvalue weighted by Gasteiger charge is 2.11. The molecule has 6 nitrogen and oxygen atoms in total. The van der Waals surface area contributed by atoms with E-state index in [-0.39, 0.29) is 6.61 Å². The van der Waals surface area contributed by atoms with E-state index in [1.807, 2.05) is 6.92 Å². The second-order valence-corrected chi connectivity index (χ2v) is 3.64. The quantitative estimate of drug-likeness (QED) is 0.325. The van der Waals surface area contributed by atoms with Crippen molar-refractivity contribution in [1.82, 2.24) is 0 Å². The summed E-state index contributed by atoms with van der Waals surface area (Å²) in [4.78, 5) is 26.1. The average Bonchev–Trinajstić information content (AvgIpc) is 2.16. The van der Waals surface area contributed by atoms with Gasteiger partial charge in [-0.1, -0.05) is 19.9 Å². The summed E-state index contributed by atoms with van der Waals surface area (Å²) in [5.74, 6) is -0.394. The first-order valence-electron chi connectivity index (χ1n) is 4.27. The molecule has 0 atom stereocenters. The third-order valence-corrected chi connectivity index (χ3v) is 1.64. The molecular formula is C8H17O6P. The number of rotatable bonds is 5. The lowest BCUT2D eigenvalue weighted by Gasteiger charge is -2.02. The molecule has 0 aromatic heterocycles. The number of phosphoric ester groups is 1. The first-order chi connectivity index (χ1) is 6.87. The van der Waals surface area contributed by atoms with Gasteiger partial charge in [-0.05, 0) is 6.42 Å². The Morgan fingerprint density at radius 1 is 1.53 bits per heavy atom. The number of unbranched alkanes of at least 4 members (excludes halogenated alkanes) is 1. The van der Waals surface area contributed by atoms with Gasteiger partial charge in [0.05, 0.1) is 13.7 Å². The van der Waals surface area contributed by atoms with Gasteiger partial charge in [-0.2, -0.15) is 0 Å². The van der Waals surface area contributed by atoms with Crippen LogP contribution in [0.2, 0.25) is 0 Å². The van der Waals surface area contributed by atoms with Crippen molar-refractivity contribution >= 4 is 13.8 Å². The Morgan fingerprint density at radius 2 is 2.07 bits per heavy atom. The van der Waals surface area contributed by atoms with Crippen LogP contribution in [0.15, 0.2) is 12.7 Å². The average molecular weight is 240 g/mol. The smallest absolute Gasteiger partial charge is 0.466 e. The van der Waals surface area contributed by atoms with E-state index in [4.69, 9.17) is 9.79 Å². The van der Waals surface area contributed by atoms with Crippen LogP contribution < -0.4 is 0 Å². The largest absolute Gasteiger partial charge is 0.469 e. The van der Waals surface area contributed by atoms with Crippen LogP contribution in [0, 0.1) is 0 Å². The molecule has 0 heterocycles. The number of ether oxygens (including phenoxy) is 1. The van der Waals surface area contributed by atoms with E-state index >= 15 is 0 Å². The molecule has 0 fully saturated rings. The fraction of sp³-hybridized carbons (Fsp3) is 0.625. The molecule has 0 aliphatic carbocycles. The minimum Gasteiger partial charge on any atom is -0.466 e. The molecule has 7 heteroatoms. The molecule has 0 spiro atoms. The van der Waals surface area contributed by atoms with E-state index in [0.29, 0.717) is 6.42 Å². The standard InChI is InChI=1S/C4H11O4P.C4H6O2/c1-2-3-4-8-9(5,6)7;1-3-4(5)6-2/h2-4H2,1H3,(H2,5,6,7);3H,1H2,2H3. The van der Waals surface area contributed by atoms with Gasteiger partial charge >= 0.3 is 13.8 Å². The molecule has 0 unspecified atom stereocenters. The minimum atomic E-state index is -4.20. The molecule has 0 amide bonds. The number of carbonyl (C=O) groups is 1. The van der Waals surface area contributed by atoms with E-state index in [0.717, 1.165) is 12.5 Å². The van der Waals surface area contributed by atoms with Gasteiger partial charge in [0, 0.05) is 6.08 Å². The number of methoxy groups -OCH3 is 1. The number of hydrogen-bond acceptors (Lipinski definition) is 4. The molecule has 90 valence electrons. The van der Waals surface area contributed by atoms with Crippen molar-refractivity contribution in [2.75, 3.05) is 13.7 Å². The third-order valence-electron chi connectivity index (χ3n) is 1.13. The van der Waals surface area contributed by atoms with Crippen molar-refractivity contribution in [2.45, 2.75) is 19.8 Å². The number of phosphoric acid groups is 1. The number of carbonyl (C=O) groups excluding carboxylic acids is 1. The highest BCUT2D eigenvalue weighted by atomic mass is 31.2. The van der Waals surface area contributed by atoms with Crippen LogP contribution in [0.3, 0.4) is 0 Å². The van der Waals surface area contributed by atoms with Crippen LogP contribution in [0.25, 0.3) is 0 Å². The zero-order valence-corrected chi connectivity index (χ0v) is 9.77. The summed E-state index contributed by atoms with van der Waals surface area (Å²) in [7, 11) is -2.89. The Balaban J connectivity index is 0. The lowest BCUT2D eigenvalue weighted by molar-refractivity contribution is -0.134. The van der Waals surface area contributed by atoms with Gasteiger partial charge in [0.25, 0.3) is 0 Å². The summed E-state index contributed by atoms with van der Waals surface area (Å²) in [6.45, 7) is 5.22. The monoisotopic (exact) mass is 240 g/mol. The van der Waals surface area contributed by atoms with Crippen LogP contribution in [-0.2, 0) is 18.6 Å². The van der Waals surface area contributed by atoms with Crippen LogP contribution in [0.4, 0.5) is 0 Å². The van der Waals surface area contributed by atoms with E-state index in [2.05, 4.69) is 15.8 Å². The summed E-state index contributed by atoms with van der Waals surface area (Å²) < 4.78 is 18.3. The number of esters is 1. The Bertz CT molecular complexity index is 221. The lowest BCUT2D eigenvalue weighted by atomic mass is 10.4. The van der Waals surface area contributed by atoms with Crippen LogP contribution in [-0.4, -0.2) is 29.5 Å². The molecule has 2 N–H and O–H groups in total. The van der Waals surface area contributed by atoms with Crippen LogP contribution in [0.5, 0.6) is 0 Å². The second kappa shape index (κ2) is 9.86. The summed E-state index contributed by atoms with van der Waals surface area (Å²) in [5.41, 5.74) is 0. The Labute approximate surface area is 89.1 Å². The van der Waals surface area contributed by atoms with E-state index in [1.165, 1.54) is 7.11 Å². The molecule has 0 rings (SSSR count). The molecule has 0 radical (unpaired) electrons. The molecule has 0 aromatic rings. The van der Waals surface area contributed by atoms with Crippen molar-refractivity contribution in [1.29, 1.82) is 0 Å². The zero-order valence-electron chi connectivity index (χ0n) is 8.88. The summed E-state index contributed by atoms with van der Waals surface area (Å²) in [6, 6.07) is 0. The van der Waals surface area contributed by atoms with Gasteiger partial charge in [-0.25, -0.2) is 9.36 Å². The summed E-state index contributed by atoms with van der Waals surface area (Å²) >= 11 is 0. The molecule has 0 aliphatic heterocycles. The summed E-state index contributed by atoms with van der Waals surface area (Å²) in [5, 5.41) is 0. The summed E-state index contributed by atoms with van der Waals surface area (Å²) in [6.07, 6.45) is 2.67. The normalized spacial score (nSPS) is 9.87. The molecule has 15 heavy (non-hydrogen) atoms. The van der Waals surface area contributed by atoms with Gasteiger partial charge in [0.2, 0.25) is 0 Å². The van der Waals surface area contributed by atoms with Crippen molar-refractivity contribution in [3.63, 3.8) is 0 Å². The minimum absolute atomic E-state index is 0.140. The van der Waals surface area contributed by atoms with Gasteiger partial charge in [0.15, 0.2) is 0 Å². The van der Waals surface area contributed by atoms with Crippen molar-refractivity contribution in [2.24, 2.45) is 0 Å². The Hall–Kier alpha value is -0.680. The van der Waals surface area contributed by atoms with Crippen LogP contribution >= 0.6 is 7.82 Å². The van der Waals surface area contributed by atoms with E-state index in [9.17, 15) is 9.36 Å². The van der Waals surface area contributed by atoms with Gasteiger partial charge in [0.1, 0.15) is 0 Å². The van der Waals surface area contributed by atoms with Gasteiger partial charge in [-0.3, -0.25) is 4.52 Å². The highest BCUT2D eigenvalue weighted by Crippen LogP contribution is 2.35. The van der Waals surface area contributed by atoms with E-state index < -0.39 is 13.8 Å². The predicted octanol–water partition coefficient (Wildman–Crippen LogP) is 1.24. The topological polar surface area (TPSA) is 93.1 Å². The molecule has 0 saturated carbocycles. The fourth-order valence-electron chi connectivity index (χ4n) is 0.411. The molecule has 0 aliphatic rings. The van der Waals surface area contributed by atoms with Crippen molar-refractivity contribution < 1.29 is 28.4 Å². The Morgan fingerprint density at radius 3 is 2.27 bits per heavy atom. The first kappa shape index (κ1) is 16.7. The molecule has 0 aromatic carbocycles. The second-order valence-electron chi connectivity index (χ2n) is 2.40. The Kier molecular flexibility index (Phi) is 11.0. The first-order valence-corrected chi connectivity index (χ1v) is 5.80. The van der Waals surface area contributed by atoms with Crippen LogP contribution in [0.1, 0.15) is 19.8 Å². The van der Waals surface area contributed by atoms with E-state index in [1.54, 1.807) is 0 Å². The number of hydrogen-bond donors (Lipinski definition) is 2. The van der Waals surface area contributed by atoms with Crippen molar-refractivity contribution in [3.8, 4) is 0 Å². The highest BCUT2D eigenvalue weighted by molar-refractivity contribution is 7.46. The maximum absolute atomic E-state index is 9.98. The maximum Gasteiger partial charge on any atom is 0.469 e. The predicted molar refractivity (Wildman–Crippen MR) is 55.1 cm³/mol. The van der Waals surface area contributed by atoms with Crippen molar-refractivity contribution in [3.05, 3.63) is 12.7 Å². The zero-order chi connectivity index (χ0) is 12.3.